The maximum atomic E-state index is 13.6. The molecule has 0 spiro atoms. The maximum Gasteiger partial charge on any atom is 0.253 e. The van der Waals surface area contributed by atoms with Crippen molar-refractivity contribution in [2.75, 3.05) is 7.05 Å². The molecule has 0 fully saturated rings. The van der Waals surface area contributed by atoms with Crippen molar-refractivity contribution >= 4 is 23.5 Å². The van der Waals surface area contributed by atoms with Crippen LogP contribution in [0.3, 0.4) is 0 Å². The zero-order valence-corrected chi connectivity index (χ0v) is 9.64. The number of hydrogen-bond acceptors (Lipinski definition) is 2. The molecule has 8 heteroatoms. The molecule has 0 aromatic heterocycles. The molecule has 0 bridgehead atoms. The number of carbonyl (C=O) groups excluding carboxylic acids is 1. The summed E-state index contributed by atoms with van der Waals surface area (Å²) < 4.78 is 13.6. The van der Waals surface area contributed by atoms with Gasteiger partial charge in [0, 0.05) is 7.05 Å². The Morgan fingerprint density at radius 3 is 2.56 bits per heavy atom. The van der Waals surface area contributed by atoms with Gasteiger partial charge in [-0.25, -0.2) is 9.38 Å². The number of para-hydroxylation sites is 1. The van der Waals surface area contributed by atoms with Crippen LogP contribution in [0.25, 0.3) is 0 Å². The van der Waals surface area contributed by atoms with Crippen molar-refractivity contribution in [1.29, 1.82) is 0 Å². The van der Waals surface area contributed by atoms with Crippen LogP contribution in [0.15, 0.2) is 28.2 Å². The van der Waals surface area contributed by atoms with Crippen LogP contribution in [-0.2, 0) is 0 Å². The summed E-state index contributed by atoms with van der Waals surface area (Å²) in [6.07, 6.45) is 0. The van der Waals surface area contributed by atoms with Crippen LogP contribution in [0.5, 0.6) is 0 Å². The number of nitrogens with one attached hydrogen (secondary N) is 1. The first-order chi connectivity index (χ1) is 8.45. The van der Waals surface area contributed by atoms with Gasteiger partial charge in [0.1, 0.15) is 11.5 Å². The average Bonchev–Trinajstić information content (AvgIpc) is 2.29. The third-order valence-corrected chi connectivity index (χ3v) is 1.93. The molecule has 0 aliphatic rings. The summed E-state index contributed by atoms with van der Waals surface area (Å²) in [7, 11) is 1.42. The van der Waals surface area contributed by atoms with E-state index in [2.05, 4.69) is 15.3 Å². The van der Waals surface area contributed by atoms with Crippen molar-refractivity contribution in [3.63, 3.8) is 0 Å². The predicted molar refractivity (Wildman–Crippen MR) is 66.9 cm³/mol. The molecule has 1 aromatic rings. The average molecular weight is 252 g/mol. The first-order valence-corrected chi connectivity index (χ1v) is 4.90. The van der Waals surface area contributed by atoms with Gasteiger partial charge in [0.2, 0.25) is 5.96 Å². The van der Waals surface area contributed by atoms with Crippen molar-refractivity contribution in [2.24, 2.45) is 27.2 Å². The van der Waals surface area contributed by atoms with Crippen molar-refractivity contribution < 1.29 is 9.18 Å². The highest BCUT2D eigenvalue weighted by atomic mass is 19.1. The number of guanidine groups is 2. The molecule has 0 unspecified atom stereocenters. The fourth-order valence-corrected chi connectivity index (χ4v) is 1.22. The lowest BCUT2D eigenvalue weighted by atomic mass is 10.1. The Balaban J connectivity index is 3.31. The molecule has 0 radical (unpaired) electrons. The van der Waals surface area contributed by atoms with Gasteiger partial charge in [0.05, 0.1) is 5.56 Å². The normalized spacial score (nSPS) is 10.9. The van der Waals surface area contributed by atoms with Gasteiger partial charge in [-0.1, -0.05) is 6.07 Å². The fraction of sp³-hybridized carbons (Fsp3) is 0.100. The minimum atomic E-state index is -0.704. The monoisotopic (exact) mass is 252 g/mol. The second-order valence-corrected chi connectivity index (χ2v) is 3.22. The highest BCUT2D eigenvalue weighted by molar-refractivity contribution is 6.01. The number of nitrogens with two attached hydrogens (primary N) is 3. The van der Waals surface area contributed by atoms with Crippen molar-refractivity contribution in [2.45, 2.75) is 0 Å². The number of carbonyl (C=O) groups is 1. The minimum absolute atomic E-state index is 0.0336. The molecule has 1 aromatic carbocycles. The van der Waals surface area contributed by atoms with Gasteiger partial charge < -0.3 is 22.5 Å². The smallest absolute Gasteiger partial charge is 0.253 e. The number of amides is 1. The van der Waals surface area contributed by atoms with Crippen molar-refractivity contribution in [3.05, 3.63) is 29.6 Å². The van der Waals surface area contributed by atoms with Gasteiger partial charge in [-0.15, -0.1) is 0 Å². The molecular weight excluding hydrogens is 239 g/mol. The summed E-state index contributed by atoms with van der Waals surface area (Å²) in [5.41, 5.74) is 15.4. The van der Waals surface area contributed by atoms with E-state index >= 15 is 0 Å². The number of nitrogens with zero attached hydrogens (tertiary/aromatic N) is 2. The zero-order chi connectivity index (χ0) is 13.7. The van der Waals surface area contributed by atoms with Crippen molar-refractivity contribution in [1.82, 2.24) is 5.32 Å². The van der Waals surface area contributed by atoms with Gasteiger partial charge in [0.25, 0.3) is 5.91 Å². The molecule has 0 saturated carbocycles. The molecule has 0 aliphatic heterocycles. The van der Waals surface area contributed by atoms with E-state index in [4.69, 9.17) is 17.2 Å². The van der Waals surface area contributed by atoms with Crippen LogP contribution >= 0.6 is 0 Å². The summed E-state index contributed by atoms with van der Waals surface area (Å²) >= 11 is 0. The van der Waals surface area contributed by atoms with Gasteiger partial charge in [0.15, 0.2) is 5.96 Å². The quantitative estimate of drug-likeness (QED) is 0.413. The molecular formula is C10H13FN6O. The van der Waals surface area contributed by atoms with Gasteiger partial charge in [-0.2, -0.15) is 4.99 Å². The highest BCUT2D eigenvalue weighted by Crippen LogP contribution is 2.23. The Kier molecular flexibility index (Phi) is 4.19. The van der Waals surface area contributed by atoms with Crippen LogP contribution in [0.2, 0.25) is 0 Å². The summed E-state index contributed by atoms with van der Waals surface area (Å²) in [5, 5.41) is 2.36. The SMILES string of the molecule is CNC(=O)c1cccc(F)c1N=C(N)N=C(N)N. The Hall–Kier alpha value is -2.64. The number of hydrogen-bond donors (Lipinski definition) is 4. The number of benzene rings is 1. The highest BCUT2D eigenvalue weighted by Gasteiger charge is 2.13. The van der Waals surface area contributed by atoms with E-state index < -0.39 is 11.7 Å². The molecule has 0 atom stereocenters. The third kappa shape index (κ3) is 3.17. The minimum Gasteiger partial charge on any atom is -0.370 e. The van der Waals surface area contributed by atoms with Crippen LogP contribution < -0.4 is 22.5 Å². The van der Waals surface area contributed by atoms with Crippen LogP contribution in [0, 0.1) is 5.82 Å². The van der Waals surface area contributed by atoms with E-state index in [1.54, 1.807) is 0 Å². The topological polar surface area (TPSA) is 132 Å². The number of halogens is 1. The van der Waals surface area contributed by atoms with Gasteiger partial charge in [-0.05, 0) is 12.1 Å². The van der Waals surface area contributed by atoms with E-state index in [0.29, 0.717) is 0 Å². The lowest BCUT2D eigenvalue weighted by molar-refractivity contribution is 0.0963. The molecule has 7 N–H and O–H groups in total. The molecule has 1 rings (SSSR count). The fourth-order valence-electron chi connectivity index (χ4n) is 1.22. The molecule has 18 heavy (non-hydrogen) atoms. The van der Waals surface area contributed by atoms with E-state index in [1.165, 1.54) is 19.2 Å². The van der Waals surface area contributed by atoms with Crippen LogP contribution in [0.1, 0.15) is 10.4 Å². The maximum absolute atomic E-state index is 13.6. The lowest BCUT2D eigenvalue weighted by Gasteiger charge is -2.05. The number of aliphatic imine (C=N–C) groups is 2. The second kappa shape index (κ2) is 5.62. The molecule has 96 valence electrons. The Morgan fingerprint density at radius 1 is 1.33 bits per heavy atom. The first kappa shape index (κ1) is 13.4. The van der Waals surface area contributed by atoms with E-state index in [1.807, 2.05) is 0 Å². The summed E-state index contributed by atoms with van der Waals surface area (Å²) in [4.78, 5) is 18.6. The van der Waals surface area contributed by atoms with Crippen molar-refractivity contribution in [3.8, 4) is 0 Å². The third-order valence-electron chi connectivity index (χ3n) is 1.93. The van der Waals surface area contributed by atoms with Crippen LogP contribution in [0.4, 0.5) is 10.1 Å². The predicted octanol–water partition coefficient (Wildman–Crippen LogP) is -0.595. The molecule has 7 nitrogen and oxygen atoms in total. The summed E-state index contributed by atoms with van der Waals surface area (Å²) in [5.74, 6) is -1.85. The van der Waals surface area contributed by atoms with Gasteiger partial charge in [-0.3, -0.25) is 4.79 Å². The summed E-state index contributed by atoms with van der Waals surface area (Å²) in [6, 6.07) is 3.94. The Morgan fingerprint density at radius 2 is 2.00 bits per heavy atom. The molecule has 0 heterocycles. The van der Waals surface area contributed by atoms with E-state index in [-0.39, 0.29) is 23.2 Å². The largest absolute Gasteiger partial charge is 0.370 e. The molecule has 0 aliphatic carbocycles. The van der Waals surface area contributed by atoms with Gasteiger partial charge >= 0.3 is 0 Å². The van der Waals surface area contributed by atoms with E-state index in [0.717, 1.165) is 6.07 Å². The first-order valence-electron chi connectivity index (χ1n) is 4.90. The zero-order valence-electron chi connectivity index (χ0n) is 9.64. The number of rotatable bonds is 2. The lowest BCUT2D eigenvalue weighted by Crippen LogP contribution is -2.26. The Labute approximate surface area is 103 Å². The Bertz CT molecular complexity index is 521. The standard InChI is InChI=1S/C10H13FN6O/c1-15-8(18)5-3-2-4-6(11)7(5)16-10(14)17-9(12)13/h2-4H,1H3,(H,15,18)(H6,12,13,14,16,17). The van der Waals surface area contributed by atoms with E-state index in [9.17, 15) is 9.18 Å². The van der Waals surface area contributed by atoms with Crippen LogP contribution in [-0.4, -0.2) is 24.9 Å². The summed E-state index contributed by atoms with van der Waals surface area (Å²) in [6.45, 7) is 0. The molecule has 1 amide bonds. The molecule has 0 saturated heterocycles. The second-order valence-electron chi connectivity index (χ2n) is 3.22.